The van der Waals surface area contributed by atoms with Gasteiger partial charge in [-0.05, 0) is 50.5 Å². The average molecular weight is 533 g/mol. The zero-order valence-corrected chi connectivity index (χ0v) is 21.8. The summed E-state index contributed by atoms with van der Waals surface area (Å²) in [5.74, 6) is -1.00. The van der Waals surface area contributed by atoms with E-state index >= 15 is 0 Å². The maximum absolute atomic E-state index is 13.3. The molecule has 2 aromatic rings. The van der Waals surface area contributed by atoms with Gasteiger partial charge in [-0.3, -0.25) is 9.59 Å². The molecule has 0 unspecified atom stereocenters. The van der Waals surface area contributed by atoms with E-state index in [4.69, 9.17) is 0 Å². The molecule has 2 saturated heterocycles. The van der Waals surface area contributed by atoms with Gasteiger partial charge in [0.15, 0.2) is 11.6 Å². The van der Waals surface area contributed by atoms with Crippen molar-refractivity contribution < 1.29 is 26.4 Å². The number of likely N-dealkylation sites (N-methyl/N-ethyl adjacent to an activating group) is 2. The Bertz CT molecular complexity index is 1340. The summed E-state index contributed by atoms with van der Waals surface area (Å²) in [5, 5.41) is 0. The van der Waals surface area contributed by atoms with E-state index in [1.54, 1.807) is 0 Å². The Kier molecular flexibility index (Phi) is 6.38. The fourth-order valence-corrected chi connectivity index (χ4v) is 7.68. The van der Waals surface area contributed by atoms with Crippen LogP contribution in [0.3, 0.4) is 0 Å². The lowest BCUT2D eigenvalue weighted by Crippen LogP contribution is -2.47. The molecule has 2 heterocycles. The van der Waals surface area contributed by atoms with Gasteiger partial charge in [0.1, 0.15) is 0 Å². The van der Waals surface area contributed by atoms with Crippen molar-refractivity contribution in [2.45, 2.75) is 9.79 Å². The highest BCUT2D eigenvalue weighted by molar-refractivity contribution is 7.89. The summed E-state index contributed by atoms with van der Waals surface area (Å²) < 4.78 is 55.5. The minimum atomic E-state index is -3.82. The standard InChI is InChI=1S/C24H28N4O6S2/c1-25-7-11-27(12-8-25)35(31,32)17-3-5-19-21(15-17)23(29)20-6-4-18(16-22(20)24(19)30)36(33,34)28-13-9-26(2)10-14-28/h3-6,15-16H,7-14H2,1-2H3. The lowest BCUT2D eigenvalue weighted by Gasteiger charge is -2.32. The molecule has 10 nitrogen and oxygen atoms in total. The van der Waals surface area contributed by atoms with Crippen LogP contribution in [0.4, 0.5) is 0 Å². The largest absolute Gasteiger partial charge is 0.304 e. The van der Waals surface area contributed by atoms with Crippen LogP contribution in [0.25, 0.3) is 0 Å². The number of hydrogen-bond donors (Lipinski definition) is 0. The monoisotopic (exact) mass is 532 g/mol. The van der Waals surface area contributed by atoms with Gasteiger partial charge in [-0.15, -0.1) is 0 Å². The first-order valence-corrected chi connectivity index (χ1v) is 14.6. The van der Waals surface area contributed by atoms with Gasteiger partial charge in [-0.25, -0.2) is 16.8 Å². The van der Waals surface area contributed by atoms with E-state index in [2.05, 4.69) is 0 Å². The van der Waals surface area contributed by atoms with E-state index in [1.807, 2.05) is 23.9 Å². The van der Waals surface area contributed by atoms with Gasteiger partial charge in [0.2, 0.25) is 20.0 Å². The van der Waals surface area contributed by atoms with Crippen molar-refractivity contribution in [3.05, 3.63) is 58.7 Å². The minimum absolute atomic E-state index is 0.0115. The van der Waals surface area contributed by atoms with Gasteiger partial charge >= 0.3 is 0 Å². The number of nitrogens with zero attached hydrogens (tertiary/aromatic N) is 4. The summed E-state index contributed by atoms with van der Waals surface area (Å²) in [7, 11) is -3.80. The van der Waals surface area contributed by atoms with Crippen molar-refractivity contribution in [3.63, 3.8) is 0 Å². The molecule has 2 aromatic carbocycles. The number of piperazine rings is 2. The average Bonchev–Trinajstić information content (AvgIpc) is 2.87. The molecule has 1 aliphatic carbocycles. The van der Waals surface area contributed by atoms with Crippen molar-refractivity contribution in [1.82, 2.24) is 18.4 Å². The lowest BCUT2D eigenvalue weighted by atomic mass is 9.84. The number of carbonyl (C=O) groups excluding carboxylic acids is 2. The van der Waals surface area contributed by atoms with Crippen molar-refractivity contribution in [1.29, 1.82) is 0 Å². The lowest BCUT2D eigenvalue weighted by molar-refractivity contribution is 0.0978. The molecule has 12 heteroatoms. The number of rotatable bonds is 4. The van der Waals surface area contributed by atoms with E-state index in [1.165, 1.54) is 45.0 Å². The molecule has 0 amide bonds. The number of benzene rings is 2. The Morgan fingerprint density at radius 1 is 0.528 bits per heavy atom. The summed E-state index contributed by atoms with van der Waals surface area (Å²) in [6.07, 6.45) is 0. The molecule has 2 aliphatic heterocycles. The highest BCUT2D eigenvalue weighted by Gasteiger charge is 2.35. The summed E-state index contributed by atoms with van der Waals surface area (Å²) >= 11 is 0. The van der Waals surface area contributed by atoms with Gasteiger partial charge < -0.3 is 9.80 Å². The quantitative estimate of drug-likeness (QED) is 0.472. The van der Waals surface area contributed by atoms with Gasteiger partial charge in [0, 0.05) is 74.6 Å². The Hall–Kier alpha value is -2.48. The molecule has 192 valence electrons. The Morgan fingerprint density at radius 3 is 1.19 bits per heavy atom. The highest BCUT2D eigenvalue weighted by Crippen LogP contribution is 2.32. The second-order valence-electron chi connectivity index (χ2n) is 9.49. The smallest absolute Gasteiger partial charge is 0.243 e. The van der Waals surface area contributed by atoms with Gasteiger partial charge in [0.05, 0.1) is 9.79 Å². The maximum atomic E-state index is 13.3. The van der Waals surface area contributed by atoms with E-state index in [9.17, 15) is 26.4 Å². The third kappa shape index (κ3) is 4.21. The first-order valence-electron chi connectivity index (χ1n) is 11.7. The number of carbonyl (C=O) groups is 2. The van der Waals surface area contributed by atoms with Crippen molar-refractivity contribution in [3.8, 4) is 0 Å². The second kappa shape index (κ2) is 9.12. The third-order valence-corrected chi connectivity index (χ3v) is 10.9. The van der Waals surface area contributed by atoms with Crippen LogP contribution < -0.4 is 0 Å². The number of sulfonamides is 2. The van der Waals surface area contributed by atoms with Crippen LogP contribution in [0.1, 0.15) is 31.8 Å². The fraction of sp³-hybridized carbons (Fsp3) is 0.417. The molecule has 3 aliphatic rings. The summed E-state index contributed by atoms with van der Waals surface area (Å²) in [6, 6.07) is 7.91. The molecule has 0 bridgehead atoms. The number of fused-ring (bicyclic) bond motifs is 2. The molecule has 36 heavy (non-hydrogen) atoms. The van der Waals surface area contributed by atoms with Crippen LogP contribution in [-0.4, -0.2) is 113 Å². The van der Waals surface area contributed by atoms with Crippen LogP contribution in [0.5, 0.6) is 0 Å². The predicted molar refractivity (Wildman–Crippen MR) is 132 cm³/mol. The van der Waals surface area contributed by atoms with Crippen LogP contribution in [0, 0.1) is 0 Å². The van der Waals surface area contributed by atoms with Gasteiger partial charge in [-0.1, -0.05) is 0 Å². The van der Waals surface area contributed by atoms with Crippen molar-refractivity contribution in [2.75, 3.05) is 66.5 Å². The van der Waals surface area contributed by atoms with Crippen LogP contribution in [0.2, 0.25) is 0 Å². The van der Waals surface area contributed by atoms with Crippen molar-refractivity contribution in [2.24, 2.45) is 0 Å². The molecule has 0 radical (unpaired) electrons. The number of hydrogen-bond acceptors (Lipinski definition) is 8. The third-order valence-electron chi connectivity index (χ3n) is 7.16. The summed E-state index contributed by atoms with van der Waals surface area (Å²) in [6.45, 7) is 3.80. The molecule has 0 N–H and O–H groups in total. The van der Waals surface area contributed by atoms with E-state index < -0.39 is 31.6 Å². The normalized spacial score (nSPS) is 20.8. The molecular weight excluding hydrogens is 504 g/mol. The Labute approximate surface area is 211 Å². The van der Waals surface area contributed by atoms with E-state index in [-0.39, 0.29) is 32.0 Å². The highest BCUT2D eigenvalue weighted by atomic mass is 32.2. The Morgan fingerprint density at radius 2 is 0.861 bits per heavy atom. The molecule has 0 atom stereocenters. The fourth-order valence-electron chi connectivity index (χ4n) is 4.78. The van der Waals surface area contributed by atoms with Gasteiger partial charge in [-0.2, -0.15) is 8.61 Å². The molecular formula is C24H28N4O6S2. The van der Waals surface area contributed by atoms with Crippen molar-refractivity contribution >= 4 is 31.6 Å². The SMILES string of the molecule is CN1CCN(S(=O)(=O)c2ccc3c(c2)C(=O)c2ccc(S(=O)(=O)N4CCN(C)CC4)cc2C3=O)CC1. The van der Waals surface area contributed by atoms with Crippen LogP contribution in [-0.2, 0) is 20.0 Å². The first-order chi connectivity index (χ1) is 17.0. The predicted octanol–water partition coefficient (Wildman–Crippen LogP) is 0.334. The summed E-state index contributed by atoms with van der Waals surface area (Å²) in [5.41, 5.74) is 0.160. The number of ketones is 2. The maximum Gasteiger partial charge on any atom is 0.243 e. The van der Waals surface area contributed by atoms with E-state index in [0.717, 1.165) is 0 Å². The first kappa shape index (κ1) is 25.2. The van der Waals surface area contributed by atoms with Crippen LogP contribution >= 0.6 is 0 Å². The zero-order valence-electron chi connectivity index (χ0n) is 20.2. The molecule has 5 rings (SSSR count). The molecule has 2 fully saturated rings. The van der Waals surface area contributed by atoms with E-state index in [0.29, 0.717) is 52.4 Å². The second-order valence-corrected chi connectivity index (χ2v) is 13.4. The van der Waals surface area contributed by atoms with Gasteiger partial charge in [0.25, 0.3) is 0 Å². The zero-order chi connectivity index (χ0) is 25.8. The molecule has 0 saturated carbocycles. The Balaban J connectivity index is 1.48. The molecule has 0 aromatic heterocycles. The molecule has 0 spiro atoms. The topological polar surface area (TPSA) is 115 Å². The minimum Gasteiger partial charge on any atom is -0.304 e. The van der Waals surface area contributed by atoms with Crippen LogP contribution in [0.15, 0.2) is 46.2 Å². The summed E-state index contributed by atoms with van der Waals surface area (Å²) in [4.78, 5) is 30.6.